The Labute approximate surface area is 125 Å². The molecule has 5 nitrogen and oxygen atoms in total. The Morgan fingerprint density at radius 1 is 1.38 bits per heavy atom. The monoisotopic (exact) mass is 292 g/mol. The van der Waals surface area contributed by atoms with E-state index in [-0.39, 0.29) is 16.2 Å². The summed E-state index contributed by atoms with van der Waals surface area (Å²) in [6.45, 7) is 5.61. The third-order valence-electron chi connectivity index (χ3n) is 4.55. The summed E-state index contributed by atoms with van der Waals surface area (Å²) in [6, 6.07) is 7.28. The molecule has 0 radical (unpaired) electrons. The molecule has 1 fully saturated rings. The highest BCUT2D eigenvalue weighted by molar-refractivity contribution is 5.39. The number of rotatable bonds is 6. The van der Waals surface area contributed by atoms with Crippen LogP contribution in [-0.2, 0) is 11.3 Å². The first-order valence-corrected chi connectivity index (χ1v) is 7.70. The van der Waals surface area contributed by atoms with Crippen molar-refractivity contribution in [3.8, 4) is 0 Å². The molecular weight excluding hydrogens is 268 g/mol. The molecule has 0 aromatic heterocycles. The smallest absolute Gasteiger partial charge is 0.273 e. The quantitative estimate of drug-likeness (QED) is 0.644. The number of ether oxygens (including phenoxy) is 1. The molecule has 1 heterocycles. The Morgan fingerprint density at radius 2 is 2.10 bits per heavy atom. The maximum atomic E-state index is 11.0. The summed E-state index contributed by atoms with van der Waals surface area (Å²) >= 11 is 0. The molecule has 1 unspecified atom stereocenters. The molecule has 0 saturated carbocycles. The minimum absolute atomic E-state index is 0.0292. The number of hydrogen-bond acceptors (Lipinski definition) is 4. The number of nitrogens with one attached hydrogen (secondary N) is 1. The van der Waals surface area contributed by atoms with Crippen molar-refractivity contribution in [1.29, 1.82) is 0 Å². The van der Waals surface area contributed by atoms with Gasteiger partial charge >= 0.3 is 0 Å². The van der Waals surface area contributed by atoms with E-state index in [9.17, 15) is 10.1 Å². The van der Waals surface area contributed by atoms with Crippen molar-refractivity contribution >= 4 is 5.69 Å². The first-order chi connectivity index (χ1) is 10.1. The summed E-state index contributed by atoms with van der Waals surface area (Å²) in [6.07, 6.45) is 3.95. The molecule has 1 atom stereocenters. The Morgan fingerprint density at radius 3 is 2.76 bits per heavy atom. The second kappa shape index (κ2) is 7.00. The minimum atomic E-state index is -0.316. The molecule has 0 aliphatic carbocycles. The number of nitrogens with zero attached hydrogens (tertiary/aromatic N) is 1. The summed E-state index contributed by atoms with van der Waals surface area (Å²) < 4.78 is 5.96. The Kier molecular flexibility index (Phi) is 5.31. The molecule has 5 heteroatoms. The lowest BCUT2D eigenvalue weighted by atomic mass is 9.86. The average Bonchev–Trinajstić information content (AvgIpc) is 2.53. The van der Waals surface area contributed by atoms with Crippen LogP contribution in [0.4, 0.5) is 5.69 Å². The van der Waals surface area contributed by atoms with Crippen molar-refractivity contribution in [2.45, 2.75) is 57.7 Å². The van der Waals surface area contributed by atoms with Gasteiger partial charge in [0, 0.05) is 30.8 Å². The van der Waals surface area contributed by atoms with Gasteiger partial charge in [0.15, 0.2) is 0 Å². The number of benzene rings is 1. The molecule has 1 N–H and O–H groups in total. The van der Waals surface area contributed by atoms with Crippen LogP contribution in [0.5, 0.6) is 0 Å². The molecular formula is C16H24N2O3. The van der Waals surface area contributed by atoms with Crippen LogP contribution in [0.1, 0.15) is 45.1 Å². The van der Waals surface area contributed by atoms with Gasteiger partial charge in [-0.3, -0.25) is 10.1 Å². The van der Waals surface area contributed by atoms with E-state index in [1.165, 1.54) is 0 Å². The molecule has 2 rings (SSSR count). The van der Waals surface area contributed by atoms with E-state index < -0.39 is 0 Å². The second-order valence-corrected chi connectivity index (χ2v) is 5.70. The van der Waals surface area contributed by atoms with Gasteiger partial charge in [-0.2, -0.15) is 0 Å². The fraction of sp³-hybridized carbons (Fsp3) is 0.625. The molecule has 1 saturated heterocycles. The molecule has 1 aromatic carbocycles. The Hall–Kier alpha value is -1.46. The van der Waals surface area contributed by atoms with Crippen LogP contribution in [0.15, 0.2) is 24.3 Å². The first-order valence-electron chi connectivity index (χ1n) is 7.70. The van der Waals surface area contributed by atoms with Gasteiger partial charge in [0.2, 0.25) is 0 Å². The summed E-state index contributed by atoms with van der Waals surface area (Å²) in [5.41, 5.74) is 0.903. The number of nitro groups is 1. The Bertz CT molecular complexity index is 486. The van der Waals surface area contributed by atoms with Crippen LogP contribution in [-0.4, -0.2) is 23.2 Å². The topological polar surface area (TPSA) is 64.4 Å². The molecule has 1 aliphatic heterocycles. The van der Waals surface area contributed by atoms with Crippen molar-refractivity contribution in [2.24, 2.45) is 0 Å². The van der Waals surface area contributed by atoms with Gasteiger partial charge in [-0.05, 0) is 25.7 Å². The predicted octanol–water partition coefficient (Wildman–Crippen LogP) is 3.42. The van der Waals surface area contributed by atoms with E-state index in [1.807, 2.05) is 12.1 Å². The number of hydrogen-bond donors (Lipinski definition) is 1. The van der Waals surface area contributed by atoms with Crippen LogP contribution in [0.25, 0.3) is 0 Å². The molecule has 0 spiro atoms. The van der Waals surface area contributed by atoms with Gasteiger partial charge in [0.1, 0.15) is 0 Å². The number of nitro benzene ring substituents is 1. The van der Waals surface area contributed by atoms with Gasteiger partial charge < -0.3 is 10.1 Å². The van der Waals surface area contributed by atoms with Crippen LogP contribution >= 0.6 is 0 Å². The lowest BCUT2D eigenvalue weighted by Gasteiger charge is -2.40. The molecule has 21 heavy (non-hydrogen) atoms. The van der Waals surface area contributed by atoms with E-state index in [4.69, 9.17) is 4.74 Å². The second-order valence-electron chi connectivity index (χ2n) is 5.70. The zero-order valence-corrected chi connectivity index (χ0v) is 12.8. The largest absolute Gasteiger partial charge is 0.375 e. The molecule has 116 valence electrons. The van der Waals surface area contributed by atoms with Gasteiger partial charge in [0.25, 0.3) is 5.69 Å². The fourth-order valence-corrected chi connectivity index (χ4v) is 3.04. The summed E-state index contributed by atoms with van der Waals surface area (Å²) in [5.74, 6) is 0. The van der Waals surface area contributed by atoms with Crippen molar-refractivity contribution in [1.82, 2.24) is 5.32 Å². The molecule has 0 amide bonds. The van der Waals surface area contributed by atoms with Crippen molar-refractivity contribution < 1.29 is 9.66 Å². The van der Waals surface area contributed by atoms with Gasteiger partial charge in [-0.1, -0.05) is 32.0 Å². The van der Waals surface area contributed by atoms with E-state index in [2.05, 4.69) is 19.2 Å². The van der Waals surface area contributed by atoms with Crippen LogP contribution in [0.2, 0.25) is 0 Å². The van der Waals surface area contributed by atoms with E-state index in [0.717, 1.165) is 37.9 Å². The van der Waals surface area contributed by atoms with E-state index >= 15 is 0 Å². The van der Waals surface area contributed by atoms with Crippen molar-refractivity contribution in [3.63, 3.8) is 0 Å². The lowest BCUT2D eigenvalue weighted by molar-refractivity contribution is -0.385. The minimum Gasteiger partial charge on any atom is -0.375 e. The zero-order valence-electron chi connectivity index (χ0n) is 12.8. The standard InChI is InChI=1S/C16H24N2O3/c1-3-16(4-2)11-14(9-10-21-16)17-12-13-7-5-6-8-15(13)18(19)20/h5-8,14,17H,3-4,9-12H2,1-2H3. The third-order valence-corrected chi connectivity index (χ3v) is 4.55. The zero-order chi connectivity index (χ0) is 15.3. The predicted molar refractivity (Wildman–Crippen MR) is 82.2 cm³/mol. The summed E-state index contributed by atoms with van der Waals surface area (Å²) in [4.78, 5) is 10.7. The van der Waals surface area contributed by atoms with Crippen molar-refractivity contribution in [2.75, 3.05) is 6.61 Å². The third kappa shape index (κ3) is 3.80. The Balaban J connectivity index is 1.99. The highest BCUT2D eigenvalue weighted by atomic mass is 16.6. The van der Waals surface area contributed by atoms with Gasteiger partial charge in [0.05, 0.1) is 10.5 Å². The van der Waals surface area contributed by atoms with Crippen molar-refractivity contribution in [3.05, 3.63) is 39.9 Å². The lowest BCUT2D eigenvalue weighted by Crippen LogP contribution is -2.46. The van der Waals surface area contributed by atoms with Crippen LogP contribution in [0.3, 0.4) is 0 Å². The summed E-state index contributed by atoms with van der Waals surface area (Å²) in [5, 5.41) is 14.5. The SMILES string of the molecule is CCC1(CC)CC(NCc2ccccc2[N+](=O)[O-])CCO1. The average molecular weight is 292 g/mol. The molecule has 0 bridgehead atoms. The van der Waals surface area contributed by atoms with Gasteiger partial charge in [-0.25, -0.2) is 0 Å². The van der Waals surface area contributed by atoms with E-state index in [1.54, 1.807) is 12.1 Å². The highest BCUT2D eigenvalue weighted by Crippen LogP contribution is 2.31. The molecule has 1 aromatic rings. The van der Waals surface area contributed by atoms with Crippen LogP contribution in [0, 0.1) is 10.1 Å². The fourth-order valence-electron chi connectivity index (χ4n) is 3.04. The number of para-hydroxylation sites is 1. The normalized spacial score (nSPS) is 21.1. The van der Waals surface area contributed by atoms with E-state index in [0.29, 0.717) is 12.6 Å². The first kappa shape index (κ1) is 15.9. The molecule has 1 aliphatic rings. The highest BCUT2D eigenvalue weighted by Gasteiger charge is 2.34. The van der Waals surface area contributed by atoms with Gasteiger partial charge in [-0.15, -0.1) is 0 Å². The summed E-state index contributed by atoms with van der Waals surface area (Å²) in [7, 11) is 0. The van der Waals surface area contributed by atoms with Crippen LogP contribution < -0.4 is 5.32 Å². The maximum absolute atomic E-state index is 11.0. The maximum Gasteiger partial charge on any atom is 0.273 e.